The molecule has 0 unspecified atom stereocenters. The van der Waals surface area contributed by atoms with Crippen molar-refractivity contribution in [3.8, 4) is 11.5 Å². The molecule has 0 saturated carbocycles. The molecule has 20 nitrogen and oxygen atoms in total. The number of carbonyl (C=O) groups excluding carboxylic acids is 2. The summed E-state index contributed by atoms with van der Waals surface area (Å²) < 4.78 is 90.2. The number of hydrogen-bond donors (Lipinski definition) is 6. The average Bonchev–Trinajstić information content (AvgIpc) is 4.16. The van der Waals surface area contributed by atoms with Crippen LogP contribution < -0.4 is 40.2 Å². The van der Waals surface area contributed by atoms with Gasteiger partial charge < -0.3 is 59.5 Å². The Labute approximate surface area is 483 Å². The molecule has 2 aliphatic carbocycles. The fourth-order valence-corrected chi connectivity index (χ4v) is 11.7. The molecule has 0 aliphatic heterocycles. The van der Waals surface area contributed by atoms with Crippen LogP contribution in [-0.2, 0) is 51.8 Å². The third kappa shape index (κ3) is 20.9. The number of amides is 4. The van der Waals surface area contributed by atoms with Crippen LogP contribution in [-0.4, -0.2) is 172 Å². The molecule has 4 atom stereocenters. The lowest BCUT2D eigenvalue weighted by molar-refractivity contribution is 0.0502. The van der Waals surface area contributed by atoms with Gasteiger partial charge in [0.15, 0.2) is 0 Å². The van der Waals surface area contributed by atoms with E-state index in [2.05, 4.69) is 54.4 Å². The summed E-state index contributed by atoms with van der Waals surface area (Å²) in [6.07, 6.45) is 3.76. The van der Waals surface area contributed by atoms with Crippen LogP contribution in [0.3, 0.4) is 0 Å². The Morgan fingerprint density at radius 1 is 0.537 bits per heavy atom. The highest BCUT2D eigenvalue weighted by Crippen LogP contribution is 2.42. The van der Waals surface area contributed by atoms with E-state index in [-0.39, 0.29) is 79.1 Å². The minimum absolute atomic E-state index is 0.105. The topological polar surface area (TPSA) is 236 Å². The molecular formula is C56H82Cl2N8O12S2. The maximum atomic E-state index is 12.8. The summed E-state index contributed by atoms with van der Waals surface area (Å²) in [5.41, 5.74) is 6.93. The van der Waals surface area contributed by atoms with Crippen LogP contribution in [0.4, 0.5) is 9.59 Å². The number of hydrogen-bond acceptors (Lipinski definition) is 14. The van der Waals surface area contributed by atoms with E-state index in [1.807, 2.05) is 59.4 Å². The normalized spacial score (nSPS) is 16.6. The lowest BCUT2D eigenvalue weighted by Gasteiger charge is -2.27. The number of rotatable bonds is 32. The number of urea groups is 2. The summed E-state index contributed by atoms with van der Waals surface area (Å²) in [6, 6.07) is 20.5. The van der Waals surface area contributed by atoms with Crippen molar-refractivity contribution in [3.05, 3.63) is 116 Å². The summed E-state index contributed by atoms with van der Waals surface area (Å²) in [5, 5.41) is 11.9. The fourth-order valence-electron chi connectivity index (χ4n) is 9.08. The Morgan fingerprint density at radius 2 is 0.912 bits per heavy atom. The van der Waals surface area contributed by atoms with Gasteiger partial charge in [0, 0.05) is 56.4 Å². The number of nitrogens with one attached hydrogen (secondary N) is 6. The number of ether oxygens (including phenoxy) is 6. The number of likely N-dealkylation sites (N-methyl/N-ethyl adjacent to an activating group) is 2. The monoisotopic (exact) mass is 1190 g/mol. The predicted molar refractivity (Wildman–Crippen MR) is 311 cm³/mol. The zero-order valence-electron chi connectivity index (χ0n) is 47.3. The van der Waals surface area contributed by atoms with Gasteiger partial charge >= 0.3 is 12.1 Å². The lowest BCUT2D eigenvalue weighted by Crippen LogP contribution is -2.38. The highest BCUT2D eigenvalue weighted by molar-refractivity contribution is 7.89. The molecule has 24 heteroatoms. The van der Waals surface area contributed by atoms with E-state index >= 15 is 0 Å². The van der Waals surface area contributed by atoms with Crippen molar-refractivity contribution >= 4 is 55.3 Å². The average molecular weight is 1190 g/mol. The molecule has 2 aliphatic rings. The second kappa shape index (κ2) is 33.3. The SMILES string of the molecule is CCCOCCOCCNS(=O)(=O)c1ccc(O[C@H]2c3cc(Cl)cc(C)c3C[C@@H]2N(C)C)cc1.CNC(=O)NCCCCNC(=O)NCCOCCOCCNS(=O)(=O)c1ccc(O[C@H]2c3cc(Cl)cc(C)c3C[C@@H]2N(C)C)cc1. The summed E-state index contributed by atoms with van der Waals surface area (Å²) in [5.74, 6) is 1.18. The molecule has 0 bridgehead atoms. The fraction of sp³-hybridized carbons (Fsp3) is 0.536. The molecular weight excluding hydrogens is 1110 g/mol. The number of halogens is 2. The minimum atomic E-state index is -3.73. The van der Waals surface area contributed by atoms with Crippen LogP contribution in [0.1, 0.15) is 71.8 Å². The van der Waals surface area contributed by atoms with E-state index in [1.54, 1.807) is 43.4 Å². The van der Waals surface area contributed by atoms with Crippen LogP contribution in [0.5, 0.6) is 11.5 Å². The van der Waals surface area contributed by atoms with Gasteiger partial charge in [0.2, 0.25) is 20.0 Å². The predicted octanol–water partition coefficient (Wildman–Crippen LogP) is 6.55. The van der Waals surface area contributed by atoms with Gasteiger partial charge in [-0.15, -0.1) is 0 Å². The Hall–Kier alpha value is -4.82. The molecule has 4 amide bonds. The zero-order chi connectivity index (χ0) is 58.2. The van der Waals surface area contributed by atoms with E-state index in [1.165, 1.54) is 23.3 Å². The molecule has 444 valence electrons. The lowest BCUT2D eigenvalue weighted by atomic mass is 10.0. The molecule has 0 saturated heterocycles. The van der Waals surface area contributed by atoms with Gasteiger partial charge in [-0.05, 0) is 180 Å². The minimum Gasteiger partial charge on any atom is -0.484 e. The molecule has 6 rings (SSSR count). The summed E-state index contributed by atoms with van der Waals surface area (Å²) in [4.78, 5) is 27.4. The van der Waals surface area contributed by atoms with Crippen LogP contribution in [0.2, 0.25) is 10.0 Å². The second-order valence-electron chi connectivity index (χ2n) is 19.7. The van der Waals surface area contributed by atoms with Crippen molar-refractivity contribution in [2.75, 3.05) is 121 Å². The Bertz CT molecular complexity index is 2800. The van der Waals surface area contributed by atoms with Gasteiger partial charge in [-0.2, -0.15) is 0 Å². The number of benzene rings is 4. The molecule has 0 fully saturated rings. The van der Waals surface area contributed by atoms with Gasteiger partial charge in [0.25, 0.3) is 0 Å². The summed E-state index contributed by atoms with van der Waals surface area (Å²) >= 11 is 12.7. The van der Waals surface area contributed by atoms with Gasteiger partial charge in [0.1, 0.15) is 23.7 Å². The molecule has 80 heavy (non-hydrogen) atoms. The molecule has 0 aromatic heterocycles. The van der Waals surface area contributed by atoms with E-state index in [0.29, 0.717) is 74.2 Å². The third-order valence-corrected chi connectivity index (χ3v) is 16.7. The first kappa shape index (κ1) is 66.0. The Balaban J connectivity index is 0.000000307. The number of fused-ring (bicyclic) bond motifs is 2. The first-order valence-electron chi connectivity index (χ1n) is 27.0. The van der Waals surface area contributed by atoms with Crippen molar-refractivity contribution in [2.24, 2.45) is 0 Å². The van der Waals surface area contributed by atoms with Gasteiger partial charge in [-0.3, -0.25) is 0 Å². The number of sulfonamides is 2. The van der Waals surface area contributed by atoms with Crippen molar-refractivity contribution < 1.29 is 54.8 Å². The third-order valence-electron chi connectivity index (χ3n) is 13.3. The number of aryl methyl sites for hydroxylation is 2. The number of nitrogens with zero attached hydrogens (tertiary/aromatic N) is 2. The van der Waals surface area contributed by atoms with Crippen LogP contribution in [0, 0.1) is 13.8 Å². The number of unbranched alkanes of at least 4 members (excludes halogenated alkanes) is 1. The molecule has 0 spiro atoms. The van der Waals surface area contributed by atoms with Gasteiger partial charge in [-0.1, -0.05) is 30.1 Å². The molecule has 0 radical (unpaired) electrons. The molecule has 4 aromatic carbocycles. The zero-order valence-corrected chi connectivity index (χ0v) is 50.5. The standard InChI is InChI=1S/C31H47ClN6O7S.C25H35ClN2O5S/c1-22-19-23(32)20-27-26(22)21-28(38(3)4)29(27)45-24-7-9-25(10-8-24)46(41,42)37-14-16-44-18-17-43-15-13-36-31(40)35-12-6-5-11-34-30(39)33-2;1-5-11-31-13-14-32-12-10-27-34(29,30)21-8-6-20(7-9-21)33-25-23-16-19(26)15-18(2)22(23)17-24(25)28(3)4/h7-10,19-20,28-29,37H,5-6,11-18,21H2,1-4H3,(H2,33,34,39)(H2,35,36,40);6-9,15-16,24-25,27H,5,10-14,17H2,1-4H3/t28-,29-;24-,25-/m00/s1. The number of carbonyl (C=O) groups is 2. The van der Waals surface area contributed by atoms with E-state index < -0.39 is 20.0 Å². The molecule has 0 heterocycles. The van der Waals surface area contributed by atoms with Crippen LogP contribution in [0.15, 0.2) is 82.6 Å². The van der Waals surface area contributed by atoms with Crippen LogP contribution >= 0.6 is 23.2 Å². The summed E-state index contributed by atoms with van der Waals surface area (Å²) in [7, 11) is 2.31. The van der Waals surface area contributed by atoms with Crippen molar-refractivity contribution in [2.45, 2.75) is 87.0 Å². The first-order valence-corrected chi connectivity index (χ1v) is 30.7. The smallest absolute Gasteiger partial charge is 0.314 e. The van der Waals surface area contributed by atoms with E-state index in [4.69, 9.17) is 51.6 Å². The van der Waals surface area contributed by atoms with E-state index in [0.717, 1.165) is 54.4 Å². The van der Waals surface area contributed by atoms with Crippen molar-refractivity contribution in [3.63, 3.8) is 0 Å². The maximum absolute atomic E-state index is 12.8. The summed E-state index contributed by atoms with van der Waals surface area (Å²) in [6.45, 7) is 10.9. The highest BCUT2D eigenvalue weighted by atomic mass is 35.5. The van der Waals surface area contributed by atoms with Crippen LogP contribution in [0.25, 0.3) is 0 Å². The largest absolute Gasteiger partial charge is 0.484 e. The second-order valence-corrected chi connectivity index (χ2v) is 24.1. The first-order chi connectivity index (χ1) is 38.2. The maximum Gasteiger partial charge on any atom is 0.314 e. The van der Waals surface area contributed by atoms with Gasteiger partial charge in [0.05, 0.1) is 68.1 Å². The Kier molecular flexibility index (Phi) is 27.5. The Morgan fingerprint density at radius 3 is 1.30 bits per heavy atom. The molecule has 6 N–H and O–H groups in total. The molecule has 4 aromatic rings. The van der Waals surface area contributed by atoms with Crippen molar-refractivity contribution in [1.82, 2.24) is 40.5 Å². The van der Waals surface area contributed by atoms with Crippen molar-refractivity contribution in [1.29, 1.82) is 0 Å². The van der Waals surface area contributed by atoms with Gasteiger partial charge in [-0.25, -0.2) is 35.9 Å². The van der Waals surface area contributed by atoms with E-state index in [9.17, 15) is 26.4 Å². The quantitative estimate of drug-likeness (QED) is 0.0285. The highest BCUT2D eigenvalue weighted by Gasteiger charge is 2.38.